The van der Waals surface area contributed by atoms with Crippen LogP contribution in [-0.2, 0) is 11.2 Å². The van der Waals surface area contributed by atoms with Crippen LogP contribution in [0.1, 0.15) is 24.0 Å². The normalized spacial score (nSPS) is 17.5. The van der Waals surface area contributed by atoms with E-state index in [1.54, 1.807) is 0 Å². The average molecular weight is 259 g/mol. The molecule has 1 aliphatic carbocycles. The van der Waals surface area contributed by atoms with Crippen molar-refractivity contribution in [3.8, 4) is 0 Å². The van der Waals surface area contributed by atoms with Gasteiger partial charge in [0.25, 0.3) is 0 Å². The maximum atomic E-state index is 12.2. The maximum Gasteiger partial charge on any atom is 0.242 e. The molecule has 0 atom stereocenters. The fraction of sp³-hybridized carbons (Fsp3) is 0.533. The van der Waals surface area contributed by atoms with E-state index in [4.69, 9.17) is 5.73 Å². The summed E-state index contributed by atoms with van der Waals surface area (Å²) in [5, 5.41) is 0. The van der Waals surface area contributed by atoms with Crippen molar-refractivity contribution in [1.82, 2.24) is 4.90 Å². The summed E-state index contributed by atoms with van der Waals surface area (Å²) in [6.07, 6.45) is 3.33. The van der Waals surface area contributed by atoms with Gasteiger partial charge in [0.1, 0.15) is 0 Å². The van der Waals surface area contributed by atoms with Crippen molar-refractivity contribution in [2.45, 2.75) is 32.2 Å². The lowest BCUT2D eigenvalue weighted by Crippen LogP contribution is -2.38. The number of anilines is 2. The van der Waals surface area contributed by atoms with Crippen LogP contribution in [0.3, 0.4) is 0 Å². The van der Waals surface area contributed by atoms with Crippen molar-refractivity contribution in [3.05, 3.63) is 23.3 Å². The number of hydrogen-bond donors (Lipinski definition) is 1. The van der Waals surface area contributed by atoms with E-state index in [9.17, 15) is 4.79 Å². The molecule has 0 unspecified atom stereocenters. The maximum absolute atomic E-state index is 12.2. The number of likely N-dealkylation sites (N-methyl/N-ethyl adjacent to an activating group) is 1. The van der Waals surface area contributed by atoms with E-state index in [0.29, 0.717) is 12.6 Å². The SMILES string of the molecule is Cc1cc2c(cc1N)N(CC(=O)N(C)C1CC1)CC2. The number of hydrogen-bond acceptors (Lipinski definition) is 3. The highest BCUT2D eigenvalue weighted by Crippen LogP contribution is 2.32. The van der Waals surface area contributed by atoms with E-state index in [1.807, 2.05) is 24.9 Å². The topological polar surface area (TPSA) is 49.6 Å². The van der Waals surface area contributed by atoms with Gasteiger partial charge in [0, 0.05) is 31.0 Å². The molecule has 1 aromatic rings. The van der Waals surface area contributed by atoms with Gasteiger partial charge in [-0.1, -0.05) is 6.07 Å². The number of aryl methyl sites for hydroxylation is 1. The molecule has 3 rings (SSSR count). The average Bonchev–Trinajstić information content (AvgIpc) is 3.16. The minimum absolute atomic E-state index is 0.217. The predicted octanol–water partition coefficient (Wildman–Crippen LogP) is 1.56. The van der Waals surface area contributed by atoms with E-state index in [2.05, 4.69) is 11.0 Å². The smallest absolute Gasteiger partial charge is 0.242 e. The number of carbonyl (C=O) groups excluding carboxylic acids is 1. The second kappa shape index (κ2) is 4.44. The number of benzene rings is 1. The third-order valence-electron chi connectivity index (χ3n) is 4.27. The fourth-order valence-electron chi connectivity index (χ4n) is 2.75. The van der Waals surface area contributed by atoms with Gasteiger partial charge in [-0.15, -0.1) is 0 Å². The molecule has 4 heteroatoms. The molecule has 1 heterocycles. The van der Waals surface area contributed by atoms with Gasteiger partial charge in [-0.05, 0) is 43.4 Å². The van der Waals surface area contributed by atoms with Gasteiger partial charge in [0.15, 0.2) is 0 Å². The number of nitrogens with zero attached hydrogens (tertiary/aromatic N) is 2. The number of fused-ring (bicyclic) bond motifs is 1. The first-order chi connectivity index (χ1) is 9.06. The molecule has 4 nitrogen and oxygen atoms in total. The third kappa shape index (κ3) is 2.27. The summed E-state index contributed by atoms with van der Waals surface area (Å²) < 4.78 is 0. The lowest BCUT2D eigenvalue weighted by atomic mass is 10.1. The first kappa shape index (κ1) is 12.3. The molecule has 102 valence electrons. The van der Waals surface area contributed by atoms with Gasteiger partial charge in [-0.2, -0.15) is 0 Å². The highest BCUT2D eigenvalue weighted by molar-refractivity contribution is 5.83. The summed E-state index contributed by atoms with van der Waals surface area (Å²) in [6, 6.07) is 4.65. The lowest BCUT2D eigenvalue weighted by Gasteiger charge is -2.23. The largest absolute Gasteiger partial charge is 0.398 e. The Kier molecular flexibility index (Phi) is 2.88. The van der Waals surface area contributed by atoms with Gasteiger partial charge in [-0.3, -0.25) is 4.79 Å². The Morgan fingerprint density at radius 2 is 2.21 bits per heavy atom. The minimum Gasteiger partial charge on any atom is -0.398 e. The van der Waals surface area contributed by atoms with E-state index >= 15 is 0 Å². The molecule has 0 aromatic heterocycles. The van der Waals surface area contributed by atoms with Gasteiger partial charge < -0.3 is 15.5 Å². The van der Waals surface area contributed by atoms with Crippen molar-refractivity contribution in [2.75, 3.05) is 30.8 Å². The van der Waals surface area contributed by atoms with Crippen LogP contribution in [0.4, 0.5) is 11.4 Å². The van der Waals surface area contributed by atoms with E-state index in [0.717, 1.165) is 42.7 Å². The van der Waals surface area contributed by atoms with Gasteiger partial charge in [0.2, 0.25) is 5.91 Å². The van der Waals surface area contributed by atoms with Crippen LogP contribution in [0.15, 0.2) is 12.1 Å². The van der Waals surface area contributed by atoms with E-state index in [1.165, 1.54) is 5.56 Å². The number of nitrogens with two attached hydrogens (primary N) is 1. The first-order valence-electron chi connectivity index (χ1n) is 6.96. The quantitative estimate of drug-likeness (QED) is 0.838. The summed E-state index contributed by atoms with van der Waals surface area (Å²) in [6.45, 7) is 3.43. The van der Waals surface area contributed by atoms with Crippen LogP contribution in [0.5, 0.6) is 0 Å². The molecular formula is C15H21N3O. The zero-order chi connectivity index (χ0) is 13.6. The second-order valence-corrected chi connectivity index (χ2v) is 5.74. The highest BCUT2D eigenvalue weighted by atomic mass is 16.2. The molecule has 1 fully saturated rings. The molecule has 0 bridgehead atoms. The van der Waals surface area contributed by atoms with E-state index in [-0.39, 0.29) is 5.91 Å². The molecule has 1 aliphatic heterocycles. The Morgan fingerprint density at radius 3 is 2.89 bits per heavy atom. The standard InChI is InChI=1S/C15H21N3O/c1-10-7-11-5-6-18(14(11)8-13(10)16)9-15(19)17(2)12-3-4-12/h7-8,12H,3-6,9,16H2,1-2H3. The molecule has 0 saturated heterocycles. The molecule has 2 aliphatic rings. The number of carbonyl (C=O) groups is 1. The fourth-order valence-corrected chi connectivity index (χ4v) is 2.75. The summed E-state index contributed by atoms with van der Waals surface area (Å²) in [5.74, 6) is 0.217. The Balaban J connectivity index is 1.75. The van der Waals surface area contributed by atoms with Gasteiger partial charge in [-0.25, -0.2) is 0 Å². The lowest BCUT2D eigenvalue weighted by molar-refractivity contribution is -0.128. The Bertz CT molecular complexity index is 522. The zero-order valence-electron chi connectivity index (χ0n) is 11.6. The third-order valence-corrected chi connectivity index (χ3v) is 4.27. The van der Waals surface area contributed by atoms with Crippen molar-refractivity contribution >= 4 is 17.3 Å². The monoisotopic (exact) mass is 259 g/mol. The molecule has 19 heavy (non-hydrogen) atoms. The van der Waals surface area contributed by atoms with Crippen LogP contribution in [0.25, 0.3) is 0 Å². The van der Waals surface area contributed by atoms with E-state index < -0.39 is 0 Å². The summed E-state index contributed by atoms with van der Waals surface area (Å²) in [4.78, 5) is 16.3. The van der Waals surface area contributed by atoms with Crippen molar-refractivity contribution in [3.63, 3.8) is 0 Å². The van der Waals surface area contributed by atoms with Crippen LogP contribution in [-0.4, -0.2) is 37.0 Å². The molecule has 1 amide bonds. The Morgan fingerprint density at radius 1 is 1.47 bits per heavy atom. The molecule has 0 radical (unpaired) electrons. The second-order valence-electron chi connectivity index (χ2n) is 5.74. The molecule has 0 spiro atoms. The van der Waals surface area contributed by atoms with Crippen LogP contribution >= 0.6 is 0 Å². The molecule has 1 saturated carbocycles. The van der Waals surface area contributed by atoms with Gasteiger partial charge >= 0.3 is 0 Å². The van der Waals surface area contributed by atoms with Crippen LogP contribution in [0, 0.1) is 6.92 Å². The minimum atomic E-state index is 0.217. The molecular weight excluding hydrogens is 238 g/mol. The predicted molar refractivity (Wildman–Crippen MR) is 77.3 cm³/mol. The molecule has 1 aromatic carbocycles. The molecule has 2 N–H and O–H groups in total. The van der Waals surface area contributed by atoms with Crippen LogP contribution < -0.4 is 10.6 Å². The van der Waals surface area contributed by atoms with Crippen molar-refractivity contribution in [2.24, 2.45) is 0 Å². The van der Waals surface area contributed by atoms with Crippen LogP contribution in [0.2, 0.25) is 0 Å². The Hall–Kier alpha value is -1.71. The summed E-state index contributed by atoms with van der Waals surface area (Å²) >= 11 is 0. The highest BCUT2D eigenvalue weighted by Gasteiger charge is 2.31. The zero-order valence-corrected chi connectivity index (χ0v) is 11.6. The first-order valence-corrected chi connectivity index (χ1v) is 6.96. The van der Waals surface area contributed by atoms with Gasteiger partial charge in [0.05, 0.1) is 6.54 Å². The number of nitrogen functional groups attached to an aromatic ring is 1. The van der Waals surface area contributed by atoms with Crippen molar-refractivity contribution < 1.29 is 4.79 Å². The Labute approximate surface area is 114 Å². The number of rotatable bonds is 3. The number of amides is 1. The summed E-state index contributed by atoms with van der Waals surface area (Å²) in [7, 11) is 1.92. The summed E-state index contributed by atoms with van der Waals surface area (Å²) in [5.41, 5.74) is 10.4. The van der Waals surface area contributed by atoms with Crippen molar-refractivity contribution in [1.29, 1.82) is 0 Å².